The van der Waals surface area contributed by atoms with Crippen LogP contribution in [0.1, 0.15) is 17.3 Å². The summed E-state index contributed by atoms with van der Waals surface area (Å²) in [4.78, 5) is 14.1. The molecule has 1 heterocycles. The van der Waals surface area contributed by atoms with Crippen LogP contribution in [0.15, 0.2) is 22.7 Å². The van der Waals surface area contributed by atoms with Crippen LogP contribution in [0.2, 0.25) is 5.02 Å². The third kappa shape index (κ3) is 2.81. The first-order valence-corrected chi connectivity index (χ1v) is 6.60. The fourth-order valence-corrected chi connectivity index (χ4v) is 2.25. The molecule has 2 rings (SSSR count). The second-order valence-corrected chi connectivity index (χ2v) is 5.31. The molecule has 0 radical (unpaired) electrons. The Bertz CT molecular complexity index is 439. The Morgan fingerprint density at radius 3 is 3.00 bits per heavy atom. The number of hydrogen-bond donors (Lipinski definition) is 0. The van der Waals surface area contributed by atoms with Crippen LogP contribution in [0.5, 0.6) is 0 Å². The van der Waals surface area contributed by atoms with E-state index in [1.54, 1.807) is 18.2 Å². The number of morpholine rings is 1. The molecule has 0 spiro atoms. The van der Waals surface area contributed by atoms with Crippen LogP contribution in [-0.2, 0) is 4.74 Å². The number of benzene rings is 1. The normalized spacial score (nSPS) is 20.4. The molecule has 1 aliphatic heterocycles. The van der Waals surface area contributed by atoms with Crippen LogP contribution in [0.25, 0.3) is 0 Å². The summed E-state index contributed by atoms with van der Waals surface area (Å²) in [5, 5.41) is 0.553. The monoisotopic (exact) mass is 317 g/mol. The largest absolute Gasteiger partial charge is 0.377 e. The predicted molar refractivity (Wildman–Crippen MR) is 70.5 cm³/mol. The Morgan fingerprint density at radius 1 is 1.59 bits per heavy atom. The van der Waals surface area contributed by atoms with E-state index in [2.05, 4.69) is 15.9 Å². The molecule has 1 saturated heterocycles. The zero-order valence-corrected chi connectivity index (χ0v) is 11.8. The van der Waals surface area contributed by atoms with E-state index in [4.69, 9.17) is 16.3 Å². The third-order valence-electron chi connectivity index (χ3n) is 2.80. The van der Waals surface area contributed by atoms with Gasteiger partial charge in [0.05, 0.1) is 24.3 Å². The highest BCUT2D eigenvalue weighted by molar-refractivity contribution is 9.10. The Hall–Kier alpha value is -0.580. The summed E-state index contributed by atoms with van der Waals surface area (Å²) >= 11 is 9.30. The molecule has 1 aliphatic rings. The third-order valence-corrected chi connectivity index (χ3v) is 4.03. The van der Waals surface area contributed by atoms with Crippen LogP contribution in [0.4, 0.5) is 0 Å². The van der Waals surface area contributed by atoms with Crippen LogP contribution < -0.4 is 0 Å². The van der Waals surface area contributed by atoms with Crippen molar-refractivity contribution in [3.8, 4) is 0 Å². The first-order chi connectivity index (χ1) is 8.09. The Balaban J connectivity index is 2.21. The molecule has 0 N–H and O–H groups in total. The highest BCUT2D eigenvalue weighted by Crippen LogP contribution is 2.24. The lowest BCUT2D eigenvalue weighted by Crippen LogP contribution is -2.47. The van der Waals surface area contributed by atoms with Gasteiger partial charge >= 0.3 is 0 Å². The van der Waals surface area contributed by atoms with Crippen molar-refractivity contribution >= 4 is 33.4 Å². The average Bonchev–Trinajstić information content (AvgIpc) is 2.32. The molecule has 1 amide bonds. The van der Waals surface area contributed by atoms with Crippen LogP contribution in [0.3, 0.4) is 0 Å². The van der Waals surface area contributed by atoms with E-state index in [-0.39, 0.29) is 11.9 Å². The number of hydrogen-bond acceptors (Lipinski definition) is 2. The molecule has 0 unspecified atom stereocenters. The molecular formula is C12H13BrClNO2. The van der Waals surface area contributed by atoms with E-state index in [0.29, 0.717) is 30.3 Å². The standard InChI is InChI=1S/C12H13BrClNO2/c1-8-7-17-5-4-15(8)12(16)9-2-3-10(13)11(14)6-9/h2-3,6,8H,4-5,7H2,1H3/t8-/m1/s1. The molecule has 17 heavy (non-hydrogen) atoms. The number of rotatable bonds is 1. The summed E-state index contributed by atoms with van der Waals surface area (Å²) in [5.41, 5.74) is 0.618. The summed E-state index contributed by atoms with van der Waals surface area (Å²) < 4.78 is 6.11. The van der Waals surface area contributed by atoms with Gasteiger partial charge in [0.25, 0.3) is 5.91 Å². The van der Waals surface area contributed by atoms with Crippen LogP contribution >= 0.6 is 27.5 Å². The van der Waals surface area contributed by atoms with Gasteiger partial charge in [-0.15, -0.1) is 0 Å². The maximum atomic E-state index is 12.3. The molecule has 0 bridgehead atoms. The molecule has 1 atom stereocenters. The van der Waals surface area contributed by atoms with Gasteiger partial charge in [0.2, 0.25) is 0 Å². The van der Waals surface area contributed by atoms with Crippen LogP contribution in [-0.4, -0.2) is 36.6 Å². The fraction of sp³-hybridized carbons (Fsp3) is 0.417. The molecule has 0 saturated carbocycles. The summed E-state index contributed by atoms with van der Waals surface area (Å²) in [6.45, 7) is 3.81. The van der Waals surface area contributed by atoms with Crippen molar-refractivity contribution in [1.29, 1.82) is 0 Å². The van der Waals surface area contributed by atoms with E-state index in [0.717, 1.165) is 4.47 Å². The number of carbonyl (C=O) groups excluding carboxylic acids is 1. The summed E-state index contributed by atoms with van der Waals surface area (Å²) in [6.07, 6.45) is 0. The smallest absolute Gasteiger partial charge is 0.254 e. The minimum atomic E-state index is 0.00944. The summed E-state index contributed by atoms with van der Waals surface area (Å²) in [6, 6.07) is 5.37. The summed E-state index contributed by atoms with van der Waals surface area (Å²) in [7, 11) is 0. The lowest BCUT2D eigenvalue weighted by molar-refractivity contribution is 0.00359. The number of carbonyl (C=O) groups is 1. The quantitative estimate of drug-likeness (QED) is 0.797. The molecule has 0 aliphatic carbocycles. The van der Waals surface area contributed by atoms with Gasteiger partial charge in [-0.3, -0.25) is 4.79 Å². The first kappa shape index (κ1) is 12.9. The van der Waals surface area contributed by atoms with Crippen molar-refractivity contribution in [2.24, 2.45) is 0 Å². The van der Waals surface area contributed by atoms with E-state index >= 15 is 0 Å². The minimum absolute atomic E-state index is 0.00944. The molecule has 0 aromatic heterocycles. The number of ether oxygens (including phenoxy) is 1. The summed E-state index contributed by atoms with van der Waals surface area (Å²) in [5.74, 6) is 0.00944. The maximum Gasteiger partial charge on any atom is 0.254 e. The zero-order chi connectivity index (χ0) is 12.4. The van der Waals surface area contributed by atoms with Crippen molar-refractivity contribution in [2.75, 3.05) is 19.8 Å². The van der Waals surface area contributed by atoms with Gasteiger partial charge in [0.1, 0.15) is 0 Å². The highest BCUT2D eigenvalue weighted by atomic mass is 79.9. The number of amides is 1. The van der Waals surface area contributed by atoms with E-state index in [9.17, 15) is 4.79 Å². The van der Waals surface area contributed by atoms with Crippen molar-refractivity contribution in [1.82, 2.24) is 4.90 Å². The lowest BCUT2D eigenvalue weighted by Gasteiger charge is -2.33. The fourth-order valence-electron chi connectivity index (χ4n) is 1.82. The highest BCUT2D eigenvalue weighted by Gasteiger charge is 2.24. The average molecular weight is 319 g/mol. The van der Waals surface area contributed by atoms with Crippen molar-refractivity contribution < 1.29 is 9.53 Å². The molecule has 1 fully saturated rings. The van der Waals surface area contributed by atoms with Gasteiger partial charge in [0.15, 0.2) is 0 Å². The minimum Gasteiger partial charge on any atom is -0.377 e. The second kappa shape index (κ2) is 5.38. The van der Waals surface area contributed by atoms with Crippen molar-refractivity contribution in [2.45, 2.75) is 13.0 Å². The van der Waals surface area contributed by atoms with Gasteiger partial charge in [-0.1, -0.05) is 11.6 Å². The molecule has 5 heteroatoms. The van der Waals surface area contributed by atoms with E-state index < -0.39 is 0 Å². The molecule has 92 valence electrons. The topological polar surface area (TPSA) is 29.5 Å². The Morgan fingerprint density at radius 2 is 2.35 bits per heavy atom. The lowest BCUT2D eigenvalue weighted by atomic mass is 10.1. The van der Waals surface area contributed by atoms with E-state index in [1.807, 2.05) is 11.8 Å². The predicted octanol–water partition coefficient (Wildman–Crippen LogP) is 2.96. The Kier molecular flexibility index (Phi) is 4.07. The molecular weight excluding hydrogens is 305 g/mol. The molecule has 1 aromatic carbocycles. The van der Waals surface area contributed by atoms with Gasteiger partial charge in [-0.2, -0.15) is 0 Å². The maximum absolute atomic E-state index is 12.3. The van der Waals surface area contributed by atoms with Gasteiger partial charge in [0, 0.05) is 16.6 Å². The van der Waals surface area contributed by atoms with Crippen molar-refractivity contribution in [3.05, 3.63) is 33.3 Å². The first-order valence-electron chi connectivity index (χ1n) is 5.43. The second-order valence-electron chi connectivity index (χ2n) is 4.05. The molecule has 3 nitrogen and oxygen atoms in total. The van der Waals surface area contributed by atoms with Gasteiger partial charge in [-0.25, -0.2) is 0 Å². The van der Waals surface area contributed by atoms with Crippen molar-refractivity contribution in [3.63, 3.8) is 0 Å². The van der Waals surface area contributed by atoms with Gasteiger partial charge < -0.3 is 9.64 Å². The Labute approximate surface area is 114 Å². The van der Waals surface area contributed by atoms with Crippen LogP contribution in [0, 0.1) is 0 Å². The van der Waals surface area contributed by atoms with E-state index in [1.165, 1.54) is 0 Å². The zero-order valence-electron chi connectivity index (χ0n) is 9.45. The number of nitrogens with zero attached hydrogens (tertiary/aromatic N) is 1. The van der Waals surface area contributed by atoms with Gasteiger partial charge in [-0.05, 0) is 41.1 Å². The SMILES string of the molecule is C[C@@H]1COCCN1C(=O)c1ccc(Br)c(Cl)c1. The molecule has 1 aromatic rings. The number of halogens is 2.